The molecule has 2 aliphatic rings. The lowest BCUT2D eigenvalue weighted by molar-refractivity contribution is 0.426. The summed E-state index contributed by atoms with van der Waals surface area (Å²) in [4.78, 5) is 0. The molecule has 0 heterocycles. The smallest absolute Gasteiger partial charge is 0.423 e. The van der Waals surface area contributed by atoms with Gasteiger partial charge >= 0.3 is 7.12 Å². The van der Waals surface area contributed by atoms with Crippen LogP contribution in [0.25, 0.3) is 109 Å². The van der Waals surface area contributed by atoms with Crippen molar-refractivity contribution >= 4 is 82.4 Å². The molecule has 0 fully saturated rings. The molecule has 0 atom stereocenters. The lowest BCUT2D eigenvalue weighted by Crippen LogP contribution is -2.31. The highest BCUT2D eigenvalue weighted by molar-refractivity contribution is 9.10. The summed E-state index contributed by atoms with van der Waals surface area (Å²) in [5.74, 6) is 0. The van der Waals surface area contributed by atoms with Crippen LogP contribution in [0.1, 0.15) is 61.1 Å². The van der Waals surface area contributed by atoms with E-state index in [0.717, 1.165) is 42.7 Å². The van der Waals surface area contributed by atoms with E-state index in [2.05, 4.69) is 262 Å². The van der Waals surface area contributed by atoms with E-state index in [4.69, 9.17) is 5.26 Å². The SMILES string of the molecule is CC1(C)c2cc(Br)ccc2-c2ccc(C#N)cc21.CC1(C)c2cc(C#N)ccc2-c2ccc(-c3ccccccc(-c4cccc5ccccc45)c4ccccc34)cc21.OB(O)c1c2ccccc2c(-c2cccc3ccccc23)c2ccccc12. The van der Waals surface area contributed by atoms with Gasteiger partial charge in [0.25, 0.3) is 0 Å². The number of halogens is 1. The Morgan fingerprint density at radius 2 is 0.686 bits per heavy atom. The van der Waals surface area contributed by atoms with E-state index >= 15 is 0 Å². The third kappa shape index (κ3) is 9.69. The third-order valence-corrected chi connectivity index (χ3v) is 18.1. The molecule has 0 saturated heterocycles. The first kappa shape index (κ1) is 55.3. The number of hydrogen-bond donors (Lipinski definition) is 2. The summed E-state index contributed by atoms with van der Waals surface area (Å²) < 4.78 is 1.10. The topological polar surface area (TPSA) is 88.0 Å². The minimum absolute atomic E-state index is 0.0404. The normalized spacial score (nSPS) is 12.8. The molecule has 2 N–H and O–H groups in total. The van der Waals surface area contributed by atoms with E-state index in [-0.39, 0.29) is 10.8 Å². The zero-order valence-corrected chi connectivity index (χ0v) is 49.7. The van der Waals surface area contributed by atoms with Crippen molar-refractivity contribution in [2.24, 2.45) is 0 Å². The van der Waals surface area contributed by atoms with Crippen molar-refractivity contribution < 1.29 is 10.0 Å². The summed E-state index contributed by atoms with van der Waals surface area (Å²) in [7, 11) is -1.53. The summed E-state index contributed by atoms with van der Waals surface area (Å²) in [5, 5.41) is 49.9. The fourth-order valence-corrected chi connectivity index (χ4v) is 13.8. The average molecular weight is 1170 g/mol. The van der Waals surface area contributed by atoms with Crippen LogP contribution in [0.4, 0.5) is 0 Å². The number of hydrogen-bond acceptors (Lipinski definition) is 4. The van der Waals surface area contributed by atoms with Gasteiger partial charge in [0.05, 0.1) is 23.3 Å². The van der Waals surface area contributed by atoms with E-state index in [9.17, 15) is 15.3 Å². The summed E-state index contributed by atoms with van der Waals surface area (Å²) in [6, 6.07) is 97.4. The van der Waals surface area contributed by atoms with Crippen LogP contribution in [0.2, 0.25) is 0 Å². The van der Waals surface area contributed by atoms with Gasteiger partial charge in [-0.15, -0.1) is 0 Å². The monoisotopic (exact) mass is 1170 g/mol. The molecule has 0 aliphatic heterocycles. The molecule has 13 aromatic rings. The minimum atomic E-state index is -1.53. The Morgan fingerprint density at radius 1 is 0.326 bits per heavy atom. The fraction of sp³-hybridized carbons (Fsp3) is 0.0750. The maximum absolute atomic E-state index is 10.1. The lowest BCUT2D eigenvalue weighted by Gasteiger charge is -2.22. The number of fused-ring (bicyclic) bond motifs is 11. The quantitative estimate of drug-likeness (QED) is 0.136. The second-order valence-corrected chi connectivity index (χ2v) is 24.1. The van der Waals surface area contributed by atoms with Crippen molar-refractivity contribution in [2.45, 2.75) is 38.5 Å². The standard InChI is InChI=1S/C40H29N.C24H17BO2.C16H12BrN/c1-40(2)38-24-27(26-41)20-22-36(38)37-23-21-29(25-39(37)40)31-14-5-3-4-6-16-34(35-18-10-9-17-32(31)35)33-19-11-13-28-12-7-8-15-30(28)33;26-25(27)24-21-13-5-3-11-19(21)23(20-12-4-6-14-22(20)24)18-15-7-9-16-8-1-2-10-17(16)18;1-16(2)14-7-10(9-18)3-5-12(14)13-6-4-11(17)8-15(13)16/h3-25H,1-2H3;1-15,26-27H;3-8H,1-2H3. The Bertz CT molecular complexity index is 4980. The van der Waals surface area contributed by atoms with Crippen LogP contribution in [0, 0.1) is 22.7 Å². The van der Waals surface area contributed by atoms with Crippen LogP contribution in [0.5, 0.6) is 0 Å². The third-order valence-electron chi connectivity index (χ3n) is 17.6. The maximum atomic E-state index is 10.1. The molecule has 0 saturated carbocycles. The molecule has 0 radical (unpaired) electrons. The van der Waals surface area contributed by atoms with Gasteiger partial charge in [0, 0.05) is 15.3 Å². The van der Waals surface area contributed by atoms with Gasteiger partial charge in [-0.25, -0.2) is 0 Å². The van der Waals surface area contributed by atoms with Crippen LogP contribution < -0.4 is 5.46 Å². The van der Waals surface area contributed by atoms with Crippen LogP contribution in [0.15, 0.2) is 271 Å². The van der Waals surface area contributed by atoms with Crippen LogP contribution in [-0.2, 0) is 10.8 Å². The van der Waals surface area contributed by atoms with Crippen molar-refractivity contribution in [3.63, 3.8) is 0 Å². The first-order valence-electron chi connectivity index (χ1n) is 29.0. The van der Waals surface area contributed by atoms with Gasteiger partial charge in [0.2, 0.25) is 0 Å². The van der Waals surface area contributed by atoms with Crippen LogP contribution in [0.3, 0.4) is 0 Å². The second kappa shape index (κ2) is 22.6. The molecular weight excluding hydrogens is 1110 g/mol. The van der Waals surface area contributed by atoms with Crippen molar-refractivity contribution in [2.75, 3.05) is 0 Å². The van der Waals surface area contributed by atoms with Crippen molar-refractivity contribution in [1.29, 1.82) is 10.5 Å². The Labute approximate surface area is 510 Å². The first-order chi connectivity index (χ1) is 41.8. The van der Waals surface area contributed by atoms with Crippen molar-refractivity contribution in [3.8, 4) is 67.8 Å². The van der Waals surface area contributed by atoms with E-state index in [1.165, 1.54) is 99.1 Å². The molecule has 0 unspecified atom stereocenters. The van der Waals surface area contributed by atoms with Crippen molar-refractivity contribution in [3.05, 3.63) is 305 Å². The molecule has 4 nitrogen and oxygen atoms in total. The van der Waals surface area contributed by atoms with Crippen LogP contribution in [-0.4, -0.2) is 17.2 Å². The summed E-state index contributed by atoms with van der Waals surface area (Å²) >= 11 is 3.54. The number of benzene rings is 12. The molecular formula is C80H58BBrN2O2. The molecule has 15 rings (SSSR count). The highest BCUT2D eigenvalue weighted by atomic mass is 79.9. The second-order valence-electron chi connectivity index (χ2n) is 23.2. The Kier molecular flexibility index (Phi) is 14.5. The molecule has 0 amide bonds. The predicted molar refractivity (Wildman–Crippen MR) is 363 cm³/mol. The molecule has 2 aliphatic carbocycles. The van der Waals surface area contributed by atoms with E-state index in [1.54, 1.807) is 0 Å². The van der Waals surface area contributed by atoms with Gasteiger partial charge in [-0.3, -0.25) is 0 Å². The summed E-state index contributed by atoms with van der Waals surface area (Å²) in [6.07, 6.45) is 0. The van der Waals surface area contributed by atoms with Gasteiger partial charge in [0.1, 0.15) is 0 Å². The Hall–Kier alpha value is -9.92. The highest BCUT2D eigenvalue weighted by Crippen LogP contribution is 2.52. The largest absolute Gasteiger partial charge is 0.489 e. The van der Waals surface area contributed by atoms with Gasteiger partial charge < -0.3 is 10.0 Å². The first-order valence-corrected chi connectivity index (χ1v) is 29.8. The molecule has 13 aromatic carbocycles. The van der Waals surface area contributed by atoms with Gasteiger partial charge in [0.15, 0.2) is 0 Å². The molecule has 6 heteroatoms. The summed E-state index contributed by atoms with van der Waals surface area (Å²) in [5.41, 5.74) is 18.9. The fourth-order valence-electron chi connectivity index (χ4n) is 13.4. The molecule has 0 aromatic heterocycles. The molecule has 0 bridgehead atoms. The number of nitriles is 2. The molecule has 86 heavy (non-hydrogen) atoms. The molecule has 0 spiro atoms. The number of rotatable bonds is 4. The zero-order chi connectivity index (χ0) is 59.3. The highest BCUT2D eigenvalue weighted by Gasteiger charge is 2.37. The maximum Gasteiger partial charge on any atom is 0.489 e. The van der Waals surface area contributed by atoms with Crippen molar-refractivity contribution in [1.82, 2.24) is 0 Å². The van der Waals surface area contributed by atoms with Crippen LogP contribution >= 0.6 is 15.9 Å². The van der Waals surface area contributed by atoms with Gasteiger partial charge in [-0.05, 0) is 180 Å². The number of nitrogens with zero attached hydrogens (tertiary/aromatic N) is 2. The average Bonchev–Trinajstić information content (AvgIpc) is 1.41. The predicted octanol–water partition coefficient (Wildman–Crippen LogP) is 19.7. The van der Waals surface area contributed by atoms with E-state index < -0.39 is 7.12 Å². The van der Waals surface area contributed by atoms with Gasteiger partial charge in [-0.1, -0.05) is 268 Å². The summed E-state index contributed by atoms with van der Waals surface area (Å²) in [6.45, 7) is 8.96. The minimum Gasteiger partial charge on any atom is -0.423 e. The lowest BCUT2D eigenvalue weighted by atomic mass is 9.72. The Morgan fingerprint density at radius 3 is 1.21 bits per heavy atom. The van der Waals surface area contributed by atoms with E-state index in [1.807, 2.05) is 60.7 Å². The zero-order valence-electron chi connectivity index (χ0n) is 48.1. The van der Waals surface area contributed by atoms with Gasteiger partial charge in [-0.2, -0.15) is 10.5 Å². The Balaban J connectivity index is 0.000000130. The molecule has 410 valence electrons. The van der Waals surface area contributed by atoms with E-state index in [0.29, 0.717) is 11.0 Å².